The number of benzene rings is 1. The van der Waals surface area contributed by atoms with Crippen LogP contribution in [0, 0.1) is 0 Å². The number of methoxy groups -OCH3 is 1. The van der Waals surface area contributed by atoms with Crippen molar-refractivity contribution in [3.05, 3.63) is 23.8 Å². The lowest BCUT2D eigenvalue weighted by Gasteiger charge is -2.24. The molecule has 0 saturated carbocycles. The van der Waals surface area contributed by atoms with E-state index in [9.17, 15) is 4.79 Å². The maximum Gasteiger partial charge on any atom is 0.305 e. The minimum absolute atomic E-state index is 0.0691. The number of carbonyl (C=O) groups is 1. The molecule has 1 aromatic rings. The number of likely N-dealkylation sites (N-methyl/N-ethyl adjacent to an activating group) is 1. The van der Waals surface area contributed by atoms with Crippen molar-refractivity contribution in [2.24, 2.45) is 0 Å². The second kappa shape index (κ2) is 4.65. The van der Waals surface area contributed by atoms with E-state index in [1.807, 2.05) is 25.1 Å². The highest BCUT2D eigenvalue weighted by molar-refractivity contribution is 5.71. The van der Waals surface area contributed by atoms with E-state index in [-0.39, 0.29) is 12.5 Å². The Morgan fingerprint density at radius 1 is 1.59 bits per heavy atom. The Morgan fingerprint density at radius 2 is 2.35 bits per heavy atom. The molecule has 4 heteroatoms. The zero-order valence-electron chi connectivity index (χ0n) is 10.1. The van der Waals surface area contributed by atoms with Crippen molar-refractivity contribution in [3.8, 4) is 5.75 Å². The van der Waals surface area contributed by atoms with Crippen LogP contribution in [0.15, 0.2) is 18.2 Å². The summed E-state index contributed by atoms with van der Waals surface area (Å²) in [6.45, 7) is 2.88. The quantitative estimate of drug-likeness (QED) is 0.866. The summed E-state index contributed by atoms with van der Waals surface area (Å²) in [6, 6.07) is 6.00. The van der Waals surface area contributed by atoms with Crippen LogP contribution in [0.3, 0.4) is 0 Å². The molecule has 1 aromatic carbocycles. The number of ether oxygens (including phenoxy) is 1. The number of fused-ring (bicyclic) bond motifs is 1. The summed E-state index contributed by atoms with van der Waals surface area (Å²) in [4.78, 5) is 13.0. The molecule has 1 N–H and O–H groups in total. The van der Waals surface area contributed by atoms with Gasteiger partial charge in [-0.05, 0) is 37.1 Å². The first-order valence-corrected chi connectivity index (χ1v) is 5.81. The van der Waals surface area contributed by atoms with E-state index in [1.54, 1.807) is 7.11 Å². The number of carboxylic acid groups (broad SMARTS) is 1. The van der Waals surface area contributed by atoms with Gasteiger partial charge in [-0.2, -0.15) is 0 Å². The zero-order valence-corrected chi connectivity index (χ0v) is 10.1. The Bertz CT molecular complexity index is 431. The van der Waals surface area contributed by atoms with Crippen LogP contribution in [0.1, 0.15) is 18.9 Å². The van der Waals surface area contributed by atoms with Gasteiger partial charge in [0, 0.05) is 18.3 Å². The molecule has 1 aliphatic heterocycles. The fourth-order valence-corrected chi connectivity index (χ4v) is 2.51. The lowest BCUT2D eigenvalue weighted by atomic mass is 10.1. The molecular formula is C13H17NO3. The lowest BCUT2D eigenvalue weighted by molar-refractivity contribution is -0.137. The minimum atomic E-state index is -0.742. The number of carboxylic acids is 1. The molecule has 92 valence electrons. The maximum atomic E-state index is 10.8. The summed E-state index contributed by atoms with van der Waals surface area (Å²) in [5.41, 5.74) is 2.32. The molecule has 0 aliphatic carbocycles. The molecule has 0 saturated heterocycles. The molecule has 0 fully saturated rings. The third-order valence-corrected chi connectivity index (χ3v) is 3.24. The van der Waals surface area contributed by atoms with Crippen LogP contribution in [0.5, 0.6) is 5.75 Å². The Labute approximate surface area is 101 Å². The Morgan fingerprint density at radius 3 is 2.94 bits per heavy atom. The highest BCUT2D eigenvalue weighted by Gasteiger charge is 2.29. The number of aliphatic carboxylic acids is 1. The van der Waals surface area contributed by atoms with Crippen molar-refractivity contribution >= 4 is 11.7 Å². The van der Waals surface area contributed by atoms with Gasteiger partial charge in [-0.1, -0.05) is 0 Å². The molecule has 1 aliphatic rings. The van der Waals surface area contributed by atoms with E-state index in [4.69, 9.17) is 9.84 Å². The first kappa shape index (κ1) is 11.8. The molecule has 0 aromatic heterocycles. The van der Waals surface area contributed by atoms with Gasteiger partial charge >= 0.3 is 5.97 Å². The number of rotatable bonds is 4. The first-order chi connectivity index (χ1) is 8.15. The molecule has 17 heavy (non-hydrogen) atoms. The number of hydrogen-bond donors (Lipinski definition) is 1. The van der Waals surface area contributed by atoms with Gasteiger partial charge in [-0.15, -0.1) is 0 Å². The molecule has 0 amide bonds. The fraction of sp³-hybridized carbons (Fsp3) is 0.462. The van der Waals surface area contributed by atoms with Crippen molar-refractivity contribution in [1.29, 1.82) is 0 Å². The highest BCUT2D eigenvalue weighted by atomic mass is 16.5. The molecule has 0 spiro atoms. The van der Waals surface area contributed by atoms with Gasteiger partial charge in [0.1, 0.15) is 5.75 Å². The second-order valence-electron chi connectivity index (χ2n) is 4.24. The van der Waals surface area contributed by atoms with E-state index < -0.39 is 5.97 Å². The van der Waals surface area contributed by atoms with Crippen molar-refractivity contribution in [2.75, 3.05) is 18.6 Å². The summed E-state index contributed by atoms with van der Waals surface area (Å²) in [5.74, 6) is 0.0870. The molecular weight excluding hydrogens is 218 g/mol. The van der Waals surface area contributed by atoms with Crippen LogP contribution in [0.25, 0.3) is 0 Å². The van der Waals surface area contributed by atoms with Crippen LogP contribution in [-0.2, 0) is 11.2 Å². The maximum absolute atomic E-state index is 10.8. The van der Waals surface area contributed by atoms with E-state index in [0.717, 1.165) is 24.4 Å². The van der Waals surface area contributed by atoms with Crippen LogP contribution in [0.4, 0.5) is 5.69 Å². The topological polar surface area (TPSA) is 49.8 Å². The second-order valence-corrected chi connectivity index (χ2v) is 4.24. The SMILES string of the molecule is CCN1c2ccc(OC)cc2CC1CC(=O)O. The van der Waals surface area contributed by atoms with Crippen molar-refractivity contribution in [3.63, 3.8) is 0 Å². The van der Waals surface area contributed by atoms with Crippen molar-refractivity contribution in [1.82, 2.24) is 0 Å². The average Bonchev–Trinajstić information content (AvgIpc) is 2.63. The smallest absolute Gasteiger partial charge is 0.305 e. The standard InChI is InChI=1S/C13H17NO3/c1-3-14-10(8-13(15)16)6-9-7-11(17-2)4-5-12(9)14/h4-5,7,10H,3,6,8H2,1-2H3,(H,15,16). The molecule has 4 nitrogen and oxygen atoms in total. The summed E-state index contributed by atoms with van der Waals surface area (Å²) in [7, 11) is 1.64. The predicted octanol–water partition coefficient (Wildman–Crippen LogP) is 1.92. The minimum Gasteiger partial charge on any atom is -0.497 e. The molecule has 0 bridgehead atoms. The van der Waals surface area contributed by atoms with E-state index in [0.29, 0.717) is 0 Å². The van der Waals surface area contributed by atoms with E-state index >= 15 is 0 Å². The fourth-order valence-electron chi connectivity index (χ4n) is 2.51. The lowest BCUT2D eigenvalue weighted by Crippen LogP contribution is -2.33. The predicted molar refractivity (Wildman–Crippen MR) is 65.8 cm³/mol. The van der Waals surface area contributed by atoms with Crippen molar-refractivity contribution in [2.45, 2.75) is 25.8 Å². The Kier molecular flexibility index (Phi) is 3.22. The van der Waals surface area contributed by atoms with Gasteiger partial charge in [-0.25, -0.2) is 0 Å². The monoisotopic (exact) mass is 235 g/mol. The number of anilines is 1. The Balaban J connectivity index is 2.27. The van der Waals surface area contributed by atoms with Gasteiger partial charge in [0.25, 0.3) is 0 Å². The third kappa shape index (κ3) is 2.20. The Hall–Kier alpha value is -1.71. The summed E-state index contributed by atoms with van der Waals surface area (Å²) >= 11 is 0. The average molecular weight is 235 g/mol. The van der Waals surface area contributed by atoms with Gasteiger partial charge in [-0.3, -0.25) is 4.79 Å². The third-order valence-electron chi connectivity index (χ3n) is 3.24. The normalized spacial score (nSPS) is 18.0. The van der Waals surface area contributed by atoms with Gasteiger partial charge < -0.3 is 14.7 Å². The highest BCUT2D eigenvalue weighted by Crippen LogP contribution is 2.35. The van der Waals surface area contributed by atoms with Crippen LogP contribution in [0.2, 0.25) is 0 Å². The van der Waals surface area contributed by atoms with Crippen LogP contribution in [-0.4, -0.2) is 30.8 Å². The zero-order chi connectivity index (χ0) is 12.4. The van der Waals surface area contributed by atoms with Crippen molar-refractivity contribution < 1.29 is 14.6 Å². The number of nitrogens with zero attached hydrogens (tertiary/aromatic N) is 1. The molecule has 1 heterocycles. The van der Waals surface area contributed by atoms with Crippen LogP contribution < -0.4 is 9.64 Å². The molecule has 2 rings (SSSR count). The van der Waals surface area contributed by atoms with Gasteiger partial charge in [0.2, 0.25) is 0 Å². The van der Waals surface area contributed by atoms with Gasteiger partial charge in [0.15, 0.2) is 0 Å². The van der Waals surface area contributed by atoms with Gasteiger partial charge in [0.05, 0.1) is 13.5 Å². The summed E-state index contributed by atoms with van der Waals surface area (Å²) in [5, 5.41) is 8.92. The van der Waals surface area contributed by atoms with E-state index in [1.165, 1.54) is 5.56 Å². The molecule has 1 atom stereocenters. The molecule has 0 radical (unpaired) electrons. The first-order valence-electron chi connectivity index (χ1n) is 5.81. The van der Waals surface area contributed by atoms with Crippen LogP contribution >= 0.6 is 0 Å². The summed E-state index contributed by atoms with van der Waals surface area (Å²) in [6.07, 6.45) is 0.970. The number of hydrogen-bond acceptors (Lipinski definition) is 3. The summed E-state index contributed by atoms with van der Waals surface area (Å²) < 4.78 is 5.19. The largest absolute Gasteiger partial charge is 0.497 e. The molecule has 1 unspecified atom stereocenters. The van der Waals surface area contributed by atoms with E-state index in [2.05, 4.69) is 4.90 Å².